The molecule has 11 heteroatoms. The number of hydrogen-bond donors (Lipinski definition) is 1. The topological polar surface area (TPSA) is 127 Å². The molecule has 1 heterocycles. The largest absolute Gasteiger partial charge is 0.495 e. The van der Waals surface area contributed by atoms with Crippen molar-refractivity contribution in [2.45, 2.75) is 64.6 Å². The Morgan fingerprint density at radius 1 is 0.974 bits per heavy atom. The van der Waals surface area contributed by atoms with Gasteiger partial charge in [-0.15, -0.1) is 0 Å². The minimum Gasteiger partial charge on any atom is -0.495 e. The zero-order valence-electron chi connectivity index (χ0n) is 22.5. The fourth-order valence-corrected chi connectivity index (χ4v) is 4.64. The van der Waals surface area contributed by atoms with Gasteiger partial charge in [0.1, 0.15) is 36.4 Å². The molecular weight excluding hydrogens is 532 g/mol. The van der Waals surface area contributed by atoms with E-state index in [0.717, 1.165) is 11.3 Å². The van der Waals surface area contributed by atoms with E-state index in [1.165, 1.54) is 27.9 Å². The first-order valence-electron chi connectivity index (χ1n) is 12.4. The molecule has 1 aliphatic heterocycles. The molecule has 0 spiro atoms. The van der Waals surface area contributed by atoms with E-state index < -0.39 is 48.4 Å². The average molecular weight is 565 g/mol. The normalized spacial score (nSPS) is 22.5. The third kappa shape index (κ3) is 7.84. The molecule has 1 aliphatic rings. The molecule has 5 atom stereocenters. The van der Waals surface area contributed by atoms with Crippen molar-refractivity contribution in [1.82, 2.24) is 0 Å². The summed E-state index contributed by atoms with van der Waals surface area (Å²) in [6, 6.07) is 11.0. The van der Waals surface area contributed by atoms with Crippen molar-refractivity contribution in [3.8, 4) is 11.5 Å². The molecule has 0 aromatic heterocycles. The maximum atomic E-state index is 12.1. The lowest BCUT2D eigenvalue weighted by molar-refractivity contribution is -0.249. The van der Waals surface area contributed by atoms with Crippen molar-refractivity contribution >= 4 is 29.5 Å². The minimum atomic E-state index is -1.45. The van der Waals surface area contributed by atoms with Gasteiger partial charge < -0.3 is 33.5 Å². The van der Waals surface area contributed by atoms with Gasteiger partial charge >= 0.3 is 17.9 Å². The highest BCUT2D eigenvalue weighted by Crippen LogP contribution is 2.40. The molecule has 0 radical (unpaired) electrons. The Labute approximate surface area is 232 Å². The van der Waals surface area contributed by atoms with Gasteiger partial charge in [-0.3, -0.25) is 14.4 Å². The number of carbonyl (C=O) groups is 3. The second-order valence-corrected chi connectivity index (χ2v) is 9.36. The first-order valence-corrected chi connectivity index (χ1v) is 12.8. The molecule has 2 aromatic rings. The summed E-state index contributed by atoms with van der Waals surface area (Å²) in [4.78, 5) is 35.4. The molecule has 1 saturated heterocycles. The lowest BCUT2D eigenvalue weighted by atomic mass is 9.89. The smallest absolute Gasteiger partial charge is 0.303 e. The van der Waals surface area contributed by atoms with Gasteiger partial charge in [0.25, 0.3) is 0 Å². The summed E-state index contributed by atoms with van der Waals surface area (Å²) in [6.07, 6.45) is -5.68. The van der Waals surface area contributed by atoms with E-state index in [1.54, 1.807) is 12.1 Å². The fraction of sp³-hybridized carbons (Fsp3) is 0.464. The van der Waals surface area contributed by atoms with Crippen LogP contribution in [0.5, 0.6) is 11.5 Å². The summed E-state index contributed by atoms with van der Waals surface area (Å²) in [5, 5.41) is 11.3. The predicted octanol–water partition coefficient (Wildman–Crippen LogP) is 3.57. The Morgan fingerprint density at radius 3 is 2.18 bits per heavy atom. The monoisotopic (exact) mass is 564 g/mol. The second-order valence-electron chi connectivity index (χ2n) is 8.99. The van der Waals surface area contributed by atoms with E-state index in [1.807, 2.05) is 31.2 Å². The van der Waals surface area contributed by atoms with Crippen LogP contribution in [0.25, 0.3) is 0 Å². The van der Waals surface area contributed by atoms with E-state index >= 15 is 0 Å². The maximum absolute atomic E-state index is 12.1. The first kappa shape index (κ1) is 30.2. The van der Waals surface area contributed by atoms with Crippen LogP contribution < -0.4 is 9.47 Å². The fourth-order valence-electron chi connectivity index (χ4n) is 4.39. The van der Waals surface area contributed by atoms with Crippen molar-refractivity contribution in [2.75, 3.05) is 20.3 Å². The van der Waals surface area contributed by atoms with Gasteiger partial charge in [-0.25, -0.2) is 0 Å². The van der Waals surface area contributed by atoms with Gasteiger partial charge in [-0.2, -0.15) is 0 Å². The van der Waals surface area contributed by atoms with E-state index in [9.17, 15) is 19.5 Å². The molecule has 1 fully saturated rings. The van der Waals surface area contributed by atoms with Crippen LogP contribution in [0.15, 0.2) is 36.4 Å². The summed E-state index contributed by atoms with van der Waals surface area (Å²) < 4.78 is 33.1. The van der Waals surface area contributed by atoms with Gasteiger partial charge in [0.15, 0.2) is 12.2 Å². The second kappa shape index (κ2) is 13.6. The number of methoxy groups -OCH3 is 1. The first-order chi connectivity index (χ1) is 18.5. The lowest BCUT2D eigenvalue weighted by Crippen LogP contribution is -2.58. The van der Waals surface area contributed by atoms with Gasteiger partial charge in [0.2, 0.25) is 0 Å². The molecule has 0 saturated carbocycles. The Kier molecular flexibility index (Phi) is 10.6. The van der Waals surface area contributed by atoms with Gasteiger partial charge in [0.05, 0.1) is 18.7 Å². The summed E-state index contributed by atoms with van der Waals surface area (Å²) >= 11 is 6.66. The molecule has 0 amide bonds. The molecule has 212 valence electrons. The number of carbonyl (C=O) groups excluding carboxylic acids is 3. The predicted molar refractivity (Wildman–Crippen MR) is 140 cm³/mol. The number of aliphatic hydroxyl groups excluding tert-OH is 1. The van der Waals surface area contributed by atoms with E-state index in [2.05, 4.69) is 0 Å². The van der Waals surface area contributed by atoms with Crippen LogP contribution in [0.2, 0.25) is 5.02 Å². The summed E-state index contributed by atoms with van der Waals surface area (Å²) in [6.45, 7) is 5.72. The van der Waals surface area contributed by atoms with Crippen LogP contribution in [-0.4, -0.2) is 67.8 Å². The van der Waals surface area contributed by atoms with Crippen LogP contribution in [0.1, 0.15) is 50.5 Å². The highest BCUT2D eigenvalue weighted by molar-refractivity contribution is 6.32. The molecule has 1 N–H and O–H groups in total. The number of halogens is 1. The molecular formula is C28H33ClO10. The molecule has 3 rings (SSSR count). The van der Waals surface area contributed by atoms with Crippen LogP contribution in [0.4, 0.5) is 0 Å². The van der Waals surface area contributed by atoms with Crippen molar-refractivity contribution in [2.24, 2.45) is 0 Å². The average Bonchev–Trinajstić information content (AvgIpc) is 2.87. The minimum absolute atomic E-state index is 0.318. The number of benzene rings is 2. The van der Waals surface area contributed by atoms with Gasteiger partial charge in [-0.05, 0) is 48.2 Å². The van der Waals surface area contributed by atoms with E-state index in [4.69, 9.17) is 40.0 Å². The van der Waals surface area contributed by atoms with Crippen LogP contribution in [0, 0.1) is 0 Å². The number of esters is 3. The van der Waals surface area contributed by atoms with Crippen LogP contribution in [-0.2, 0) is 39.8 Å². The SMILES string of the molecule is CCOc1ccc(Cc2cc([C@@H]3O[C@@H](COC(C)=O)[C@H](O)[C@@H](OC(C)=O)[C@H]3OC(C)=O)cc(OC)c2Cl)cc1. The Balaban J connectivity index is 2.06. The molecule has 39 heavy (non-hydrogen) atoms. The quantitative estimate of drug-likeness (QED) is 0.338. The number of aliphatic hydroxyl groups is 1. The summed E-state index contributed by atoms with van der Waals surface area (Å²) in [5.74, 6) is -0.876. The lowest BCUT2D eigenvalue weighted by Gasteiger charge is -2.43. The van der Waals surface area contributed by atoms with Crippen LogP contribution in [0.3, 0.4) is 0 Å². The standard InChI is InChI=1S/C28H33ClO10/c1-6-35-21-9-7-18(8-10-21)11-19-12-20(13-22(34-5)24(19)29)26-28(38-17(4)32)27(37-16(3)31)25(33)23(39-26)14-36-15(2)30/h7-10,12-13,23,25-28,33H,6,11,14H2,1-5H3/t23-,25-,26-,27+,28-/m0/s1. The van der Waals surface area contributed by atoms with Crippen molar-refractivity contribution in [3.05, 3.63) is 58.1 Å². The number of ether oxygens (including phenoxy) is 6. The highest BCUT2D eigenvalue weighted by Gasteiger charge is 2.50. The van der Waals surface area contributed by atoms with Gasteiger partial charge in [0, 0.05) is 20.8 Å². The van der Waals surface area contributed by atoms with E-state index in [-0.39, 0.29) is 6.61 Å². The zero-order chi connectivity index (χ0) is 28.7. The Hall–Kier alpha value is -3.34. The summed E-state index contributed by atoms with van der Waals surface area (Å²) in [5.41, 5.74) is 2.12. The highest BCUT2D eigenvalue weighted by atomic mass is 35.5. The molecule has 0 aliphatic carbocycles. The Bertz CT molecular complexity index is 1170. The van der Waals surface area contributed by atoms with Gasteiger partial charge in [-0.1, -0.05) is 29.8 Å². The molecule has 10 nitrogen and oxygen atoms in total. The van der Waals surface area contributed by atoms with E-state index in [0.29, 0.717) is 34.9 Å². The summed E-state index contributed by atoms with van der Waals surface area (Å²) in [7, 11) is 1.46. The molecule has 0 bridgehead atoms. The third-order valence-corrected chi connectivity index (χ3v) is 6.46. The number of hydrogen-bond acceptors (Lipinski definition) is 10. The zero-order valence-corrected chi connectivity index (χ0v) is 23.2. The molecule has 0 unspecified atom stereocenters. The van der Waals surface area contributed by atoms with Crippen molar-refractivity contribution < 1.29 is 47.9 Å². The Morgan fingerprint density at radius 2 is 1.62 bits per heavy atom. The molecule has 2 aromatic carbocycles. The van der Waals surface area contributed by atoms with Crippen molar-refractivity contribution in [3.63, 3.8) is 0 Å². The number of rotatable bonds is 10. The van der Waals surface area contributed by atoms with Crippen LogP contribution >= 0.6 is 11.6 Å². The third-order valence-electron chi connectivity index (χ3n) is 6.03. The van der Waals surface area contributed by atoms with Crippen molar-refractivity contribution in [1.29, 1.82) is 0 Å². The maximum Gasteiger partial charge on any atom is 0.303 e.